The van der Waals surface area contributed by atoms with Crippen LogP contribution >= 0.6 is 12.2 Å². The molecule has 2 amide bonds. The summed E-state index contributed by atoms with van der Waals surface area (Å²) in [5.74, 6) is -0.166. The number of anilines is 1. The summed E-state index contributed by atoms with van der Waals surface area (Å²) in [6.45, 7) is 6.44. The normalized spacial score (nSPS) is 16.9. The molecule has 0 aromatic heterocycles. The van der Waals surface area contributed by atoms with Crippen LogP contribution in [0.2, 0.25) is 0 Å². The topological polar surface area (TPSA) is 49.9 Å². The van der Waals surface area contributed by atoms with E-state index in [2.05, 4.69) is 0 Å². The number of nitrogens with zero attached hydrogens (tertiary/aromatic N) is 2. The second-order valence-electron chi connectivity index (χ2n) is 7.15. The van der Waals surface area contributed by atoms with Crippen molar-refractivity contribution in [3.05, 3.63) is 65.7 Å². The molecule has 6 heteroatoms. The van der Waals surface area contributed by atoms with Crippen molar-refractivity contribution < 1.29 is 14.3 Å². The first-order valence-corrected chi connectivity index (χ1v) is 10.6. The molecule has 0 N–H and O–H groups in total. The third-order valence-corrected chi connectivity index (χ3v) is 5.32. The Balaban J connectivity index is 2.08. The summed E-state index contributed by atoms with van der Waals surface area (Å²) in [7, 11) is 0. The highest BCUT2D eigenvalue weighted by Crippen LogP contribution is 2.29. The Kier molecular flexibility index (Phi) is 7.00. The van der Waals surface area contributed by atoms with Crippen molar-refractivity contribution in [2.75, 3.05) is 11.4 Å². The molecule has 0 spiro atoms. The number of benzene rings is 2. The Morgan fingerprint density at radius 1 is 1.00 bits per heavy atom. The lowest BCUT2D eigenvalue weighted by atomic mass is 10.0. The summed E-state index contributed by atoms with van der Waals surface area (Å²) in [5, 5.41) is 0.208. The van der Waals surface area contributed by atoms with Crippen LogP contribution in [0.1, 0.15) is 39.2 Å². The van der Waals surface area contributed by atoms with Gasteiger partial charge in [-0.2, -0.15) is 0 Å². The summed E-state index contributed by atoms with van der Waals surface area (Å²) in [6, 6.07) is 16.6. The first-order chi connectivity index (χ1) is 14.5. The number of hydrogen-bond donors (Lipinski definition) is 0. The average Bonchev–Trinajstić information content (AvgIpc) is 2.76. The van der Waals surface area contributed by atoms with Crippen LogP contribution in [0.5, 0.6) is 5.75 Å². The minimum atomic E-state index is -0.429. The van der Waals surface area contributed by atoms with Gasteiger partial charge >= 0.3 is 0 Å². The highest BCUT2D eigenvalue weighted by Gasteiger charge is 2.40. The Hall–Kier alpha value is -2.99. The smallest absolute Gasteiger partial charge is 0.270 e. The number of carbonyl (C=O) groups excluding carboxylic acids is 2. The number of carbonyl (C=O) groups is 2. The molecular weight excluding hydrogens is 396 g/mol. The highest BCUT2D eigenvalue weighted by atomic mass is 32.1. The Labute approximate surface area is 182 Å². The van der Waals surface area contributed by atoms with Crippen molar-refractivity contribution in [3.63, 3.8) is 0 Å². The van der Waals surface area contributed by atoms with Gasteiger partial charge in [0.05, 0.1) is 11.8 Å². The van der Waals surface area contributed by atoms with E-state index in [0.717, 1.165) is 12.8 Å². The van der Waals surface area contributed by atoms with Crippen LogP contribution in [0.3, 0.4) is 0 Å². The van der Waals surface area contributed by atoms with Crippen LogP contribution in [0.25, 0.3) is 6.08 Å². The zero-order valence-corrected chi connectivity index (χ0v) is 18.3. The van der Waals surface area contributed by atoms with E-state index in [1.807, 2.05) is 75.4 Å². The molecule has 1 atom stereocenters. The van der Waals surface area contributed by atoms with Crippen LogP contribution in [0.4, 0.5) is 5.69 Å². The van der Waals surface area contributed by atoms with Crippen LogP contribution in [-0.4, -0.2) is 34.5 Å². The van der Waals surface area contributed by atoms with Gasteiger partial charge in [-0.05, 0) is 56.3 Å². The van der Waals surface area contributed by atoms with Crippen LogP contribution in [-0.2, 0) is 9.59 Å². The van der Waals surface area contributed by atoms with Gasteiger partial charge in [-0.25, -0.2) is 0 Å². The fourth-order valence-electron chi connectivity index (χ4n) is 3.16. The molecule has 1 aliphatic heterocycles. The van der Waals surface area contributed by atoms with Crippen molar-refractivity contribution in [1.29, 1.82) is 0 Å². The largest absolute Gasteiger partial charge is 0.490 e. The molecule has 0 aliphatic carbocycles. The molecule has 0 unspecified atom stereocenters. The standard InChI is InChI=1S/C24H26N2O3S/c1-4-15-25-22(27)20(16-18-11-9-10-14-21(18)29-17(3)5-2)23(28)26(24(25)30)19-12-7-6-8-13-19/h6-14,16-17H,4-5,15H2,1-3H3/b20-16+/t17-/m1/s1. The minimum Gasteiger partial charge on any atom is -0.490 e. The van der Waals surface area contributed by atoms with Gasteiger partial charge in [0.2, 0.25) is 0 Å². The van der Waals surface area contributed by atoms with Crippen molar-refractivity contribution in [2.45, 2.75) is 39.7 Å². The number of hydrogen-bond acceptors (Lipinski definition) is 4. The molecule has 156 valence electrons. The van der Waals surface area contributed by atoms with E-state index in [-0.39, 0.29) is 22.7 Å². The molecule has 0 bridgehead atoms. The summed E-state index contributed by atoms with van der Waals surface area (Å²) in [5.41, 5.74) is 1.39. The molecule has 1 saturated heterocycles. The predicted octanol–water partition coefficient (Wildman–Crippen LogP) is 4.82. The first kappa shape index (κ1) is 21.7. The molecule has 5 nitrogen and oxygen atoms in total. The molecule has 1 fully saturated rings. The van der Waals surface area contributed by atoms with Gasteiger partial charge in [-0.15, -0.1) is 0 Å². The number of amides is 2. The van der Waals surface area contributed by atoms with Crippen molar-refractivity contribution in [2.24, 2.45) is 0 Å². The van der Waals surface area contributed by atoms with Gasteiger partial charge in [0.15, 0.2) is 5.11 Å². The zero-order chi connectivity index (χ0) is 21.7. The number of rotatable bonds is 7. The summed E-state index contributed by atoms with van der Waals surface area (Å²) < 4.78 is 5.99. The van der Waals surface area contributed by atoms with Crippen LogP contribution < -0.4 is 9.64 Å². The van der Waals surface area contributed by atoms with Gasteiger partial charge in [-0.3, -0.25) is 19.4 Å². The van der Waals surface area contributed by atoms with E-state index < -0.39 is 5.91 Å². The maximum absolute atomic E-state index is 13.4. The predicted molar refractivity (Wildman–Crippen MR) is 123 cm³/mol. The number of para-hydroxylation sites is 2. The van der Waals surface area contributed by atoms with E-state index in [4.69, 9.17) is 17.0 Å². The van der Waals surface area contributed by atoms with Gasteiger partial charge in [0, 0.05) is 12.1 Å². The van der Waals surface area contributed by atoms with E-state index >= 15 is 0 Å². The Bertz CT molecular complexity index is 971. The molecule has 0 radical (unpaired) electrons. The molecule has 0 saturated carbocycles. The Morgan fingerprint density at radius 2 is 1.67 bits per heavy atom. The fourth-order valence-corrected chi connectivity index (χ4v) is 3.53. The number of thiocarbonyl (C=S) groups is 1. The van der Waals surface area contributed by atoms with Gasteiger partial charge < -0.3 is 4.74 Å². The second kappa shape index (κ2) is 9.67. The third-order valence-electron chi connectivity index (χ3n) is 4.91. The van der Waals surface area contributed by atoms with E-state index in [0.29, 0.717) is 23.5 Å². The average molecular weight is 423 g/mol. The summed E-state index contributed by atoms with van der Waals surface area (Å²) in [4.78, 5) is 29.5. The lowest BCUT2D eigenvalue weighted by Gasteiger charge is -2.36. The molecular formula is C24H26N2O3S. The second-order valence-corrected chi connectivity index (χ2v) is 7.51. The van der Waals surface area contributed by atoms with Gasteiger partial charge in [0.1, 0.15) is 11.3 Å². The zero-order valence-electron chi connectivity index (χ0n) is 17.5. The van der Waals surface area contributed by atoms with Gasteiger partial charge in [0.25, 0.3) is 11.8 Å². The monoisotopic (exact) mass is 422 g/mol. The lowest BCUT2D eigenvalue weighted by molar-refractivity contribution is -0.127. The van der Waals surface area contributed by atoms with Crippen LogP contribution in [0, 0.1) is 0 Å². The van der Waals surface area contributed by atoms with Gasteiger partial charge in [-0.1, -0.05) is 50.2 Å². The van der Waals surface area contributed by atoms with Crippen LogP contribution in [0.15, 0.2) is 60.2 Å². The number of ether oxygens (including phenoxy) is 1. The quantitative estimate of drug-likeness (QED) is 0.365. The maximum Gasteiger partial charge on any atom is 0.270 e. The Morgan fingerprint density at radius 3 is 2.33 bits per heavy atom. The van der Waals surface area contributed by atoms with Crippen molar-refractivity contribution in [1.82, 2.24) is 4.90 Å². The lowest BCUT2D eigenvalue weighted by Crippen LogP contribution is -2.56. The van der Waals surface area contributed by atoms with Crippen molar-refractivity contribution in [3.8, 4) is 5.75 Å². The summed E-state index contributed by atoms with van der Waals surface area (Å²) >= 11 is 5.52. The van der Waals surface area contributed by atoms with Crippen molar-refractivity contribution >= 4 is 40.9 Å². The van der Waals surface area contributed by atoms with E-state index in [1.54, 1.807) is 6.08 Å². The highest BCUT2D eigenvalue weighted by molar-refractivity contribution is 7.80. The minimum absolute atomic E-state index is 0.0206. The molecule has 2 aromatic rings. The SMILES string of the molecule is CCCN1C(=O)/C(=C\c2ccccc2O[C@H](C)CC)C(=O)N(c2ccccc2)C1=S. The molecule has 1 heterocycles. The molecule has 1 aliphatic rings. The summed E-state index contributed by atoms with van der Waals surface area (Å²) in [6.07, 6.45) is 3.21. The first-order valence-electron chi connectivity index (χ1n) is 10.2. The third kappa shape index (κ3) is 4.44. The van der Waals surface area contributed by atoms with E-state index in [1.165, 1.54) is 9.80 Å². The molecule has 2 aromatic carbocycles. The molecule has 30 heavy (non-hydrogen) atoms. The molecule has 3 rings (SSSR count). The fraction of sp³-hybridized carbons (Fsp3) is 0.292. The maximum atomic E-state index is 13.4. The van der Waals surface area contributed by atoms with E-state index in [9.17, 15) is 9.59 Å².